The van der Waals surface area contributed by atoms with E-state index in [0.717, 1.165) is 81.4 Å². The van der Waals surface area contributed by atoms with Gasteiger partial charge in [0.1, 0.15) is 11.6 Å². The number of aromatic amines is 2. The van der Waals surface area contributed by atoms with Gasteiger partial charge >= 0.3 is 0 Å². The van der Waals surface area contributed by atoms with Crippen LogP contribution in [0.15, 0.2) is 84.9 Å². The van der Waals surface area contributed by atoms with Crippen molar-refractivity contribution in [2.45, 2.75) is 50.6 Å². The topological polar surface area (TPSA) is 116 Å². The van der Waals surface area contributed by atoms with Gasteiger partial charge in [0.25, 0.3) is 0 Å². The second kappa shape index (κ2) is 15.8. The van der Waals surface area contributed by atoms with Crippen molar-refractivity contribution < 1.29 is 36.6 Å². The van der Waals surface area contributed by atoms with E-state index in [-0.39, 0.29) is 47.9 Å². The molecule has 2 aliphatic heterocycles. The summed E-state index contributed by atoms with van der Waals surface area (Å²) >= 11 is 0. The van der Waals surface area contributed by atoms with E-state index in [4.69, 9.17) is 19.4 Å². The molecule has 4 heterocycles. The average Bonchev–Trinajstić information content (AvgIpc) is 4.06. The highest BCUT2D eigenvalue weighted by Gasteiger charge is 2.34. The smallest absolute Gasteiger partial charge is 0.227 e. The summed E-state index contributed by atoms with van der Waals surface area (Å²) in [6, 6.07) is 24.2. The molecule has 5 aromatic carbocycles. The highest BCUT2D eigenvalue weighted by Crippen LogP contribution is 2.36. The van der Waals surface area contributed by atoms with E-state index >= 15 is 0 Å². The molecule has 14 heteroatoms. The Balaban J connectivity index is 0.882. The maximum absolute atomic E-state index is 14.3. The molecule has 2 atom stereocenters. The van der Waals surface area contributed by atoms with E-state index in [1.165, 1.54) is 14.2 Å². The van der Waals surface area contributed by atoms with Gasteiger partial charge in [0, 0.05) is 13.1 Å². The van der Waals surface area contributed by atoms with E-state index in [9.17, 15) is 27.2 Å². The van der Waals surface area contributed by atoms with E-state index in [0.29, 0.717) is 37.6 Å². The molecule has 0 saturated carbocycles. The van der Waals surface area contributed by atoms with Crippen molar-refractivity contribution in [3.05, 3.63) is 131 Å². The number of benzene rings is 5. The predicted octanol–water partition coefficient (Wildman–Crippen LogP) is 9.16. The quantitative estimate of drug-likeness (QED) is 0.133. The minimum Gasteiger partial charge on any atom is -0.491 e. The van der Waals surface area contributed by atoms with Gasteiger partial charge in [-0.15, -0.1) is 0 Å². The van der Waals surface area contributed by atoms with Gasteiger partial charge in [-0.3, -0.25) is 9.59 Å². The summed E-state index contributed by atoms with van der Waals surface area (Å²) in [6.07, 6.45) is 2.71. The molecule has 306 valence electrons. The molecule has 2 amide bonds. The van der Waals surface area contributed by atoms with Crippen LogP contribution in [-0.4, -0.2) is 68.9 Å². The van der Waals surface area contributed by atoms with Crippen LogP contribution in [0.4, 0.5) is 17.6 Å². The largest absolute Gasteiger partial charge is 0.491 e. The molecule has 0 spiro atoms. The van der Waals surface area contributed by atoms with Gasteiger partial charge in [0.05, 0.1) is 61.2 Å². The molecule has 2 aromatic heterocycles. The fraction of sp³-hybridized carbons (Fsp3) is 0.261. The monoisotopic (exact) mass is 816 g/mol. The number of methoxy groups -OCH3 is 2. The minimum atomic E-state index is -0.847. The number of halogens is 4. The molecule has 10 nitrogen and oxygen atoms in total. The molecule has 60 heavy (non-hydrogen) atoms. The number of nitrogens with one attached hydrogen (secondary N) is 2. The second-order valence-electron chi connectivity index (χ2n) is 15.3. The van der Waals surface area contributed by atoms with E-state index < -0.39 is 34.8 Å². The lowest BCUT2D eigenvalue weighted by Gasteiger charge is -2.23. The van der Waals surface area contributed by atoms with Gasteiger partial charge in [-0.25, -0.2) is 27.5 Å². The molecule has 2 aliphatic rings. The average molecular weight is 817 g/mol. The van der Waals surface area contributed by atoms with Crippen LogP contribution in [0.1, 0.15) is 60.5 Å². The number of fused-ring (bicyclic) bond motifs is 2. The fourth-order valence-electron chi connectivity index (χ4n) is 8.66. The zero-order chi connectivity index (χ0) is 41.7. The van der Waals surface area contributed by atoms with E-state index in [1.807, 2.05) is 36.4 Å². The summed E-state index contributed by atoms with van der Waals surface area (Å²) in [4.78, 5) is 46.7. The summed E-state index contributed by atoms with van der Waals surface area (Å²) < 4.78 is 66.8. The Kier molecular flexibility index (Phi) is 10.2. The number of hydrogen-bond donors (Lipinski definition) is 2. The van der Waals surface area contributed by atoms with Crippen molar-refractivity contribution in [1.29, 1.82) is 0 Å². The Hall–Kier alpha value is -6.70. The number of imidazole rings is 2. The Morgan fingerprint density at radius 1 is 0.583 bits per heavy atom. The van der Waals surface area contributed by atoms with Gasteiger partial charge in [-0.1, -0.05) is 36.4 Å². The van der Waals surface area contributed by atoms with Crippen LogP contribution in [0.5, 0.6) is 11.5 Å². The lowest BCUT2D eigenvalue weighted by atomic mass is 10.00. The van der Waals surface area contributed by atoms with Crippen molar-refractivity contribution in [3.63, 3.8) is 0 Å². The molecular formula is C46H40F4N6O4. The molecule has 7 aromatic rings. The molecule has 2 N–H and O–H groups in total. The molecule has 0 radical (unpaired) electrons. The maximum atomic E-state index is 14.3. The summed E-state index contributed by atoms with van der Waals surface area (Å²) in [7, 11) is 2.39. The van der Waals surface area contributed by atoms with Crippen molar-refractivity contribution in [2.75, 3.05) is 27.3 Å². The van der Waals surface area contributed by atoms with Crippen LogP contribution in [-0.2, 0) is 22.4 Å². The number of hydrogen-bond acceptors (Lipinski definition) is 6. The van der Waals surface area contributed by atoms with E-state index in [1.54, 1.807) is 9.80 Å². The number of amides is 2. The first-order valence-electron chi connectivity index (χ1n) is 19.8. The van der Waals surface area contributed by atoms with Crippen LogP contribution in [0.3, 0.4) is 0 Å². The Morgan fingerprint density at radius 2 is 0.950 bits per heavy atom. The fourth-order valence-corrected chi connectivity index (χ4v) is 8.66. The Morgan fingerprint density at radius 3 is 1.32 bits per heavy atom. The number of rotatable bonds is 10. The van der Waals surface area contributed by atoms with Crippen LogP contribution in [0, 0.1) is 23.3 Å². The van der Waals surface area contributed by atoms with Crippen LogP contribution in [0.2, 0.25) is 0 Å². The number of nitrogens with zero attached hydrogens (tertiary/aromatic N) is 4. The normalized spacial score (nSPS) is 16.6. The standard InChI is InChI=1S/C46H40F4N6O4/c1-59-43-31(47)17-25(18-32(43)48)21-41(57)55-15-3-5-39(55)45-51-35-13-11-29(23-37(35)53-45)27-7-9-28(10-8-27)30-12-14-36-38(24-30)54-46(52-36)40-6-4-16-56(40)42(58)22-26-19-33(49)44(60-2)34(50)20-26/h7-14,17-20,23-24,39-40H,3-6,15-16,21-22H2,1-2H3,(H,51,53)(H,52,54)/t39-,40+. The third-order valence-electron chi connectivity index (χ3n) is 11.6. The first-order chi connectivity index (χ1) is 29.1. The zero-order valence-corrected chi connectivity index (χ0v) is 32.8. The lowest BCUT2D eigenvalue weighted by molar-refractivity contribution is -0.132. The first-order valence-corrected chi connectivity index (χ1v) is 19.8. The first kappa shape index (κ1) is 38.8. The second-order valence-corrected chi connectivity index (χ2v) is 15.3. The summed E-state index contributed by atoms with van der Waals surface area (Å²) in [5, 5.41) is 0. The maximum Gasteiger partial charge on any atom is 0.227 e. The van der Waals surface area contributed by atoms with Gasteiger partial charge < -0.3 is 29.2 Å². The highest BCUT2D eigenvalue weighted by molar-refractivity contribution is 5.85. The summed E-state index contributed by atoms with van der Waals surface area (Å²) in [5.41, 5.74) is 7.65. The number of carbonyl (C=O) groups is 2. The lowest BCUT2D eigenvalue weighted by Crippen LogP contribution is -2.32. The number of ether oxygens (including phenoxy) is 2. The van der Waals surface area contributed by atoms with Crippen LogP contribution in [0.25, 0.3) is 44.3 Å². The zero-order valence-electron chi connectivity index (χ0n) is 32.8. The summed E-state index contributed by atoms with van der Waals surface area (Å²) in [5.74, 6) is -3.46. The van der Waals surface area contributed by atoms with Gasteiger partial charge in [0.2, 0.25) is 11.8 Å². The third-order valence-corrected chi connectivity index (χ3v) is 11.6. The molecule has 0 unspecified atom stereocenters. The third kappa shape index (κ3) is 7.30. The molecule has 2 saturated heterocycles. The number of likely N-dealkylation sites (tertiary alicyclic amines) is 2. The SMILES string of the molecule is COc1c(F)cc(CC(=O)N2CCC[C@@H]2c2nc3ccc(-c4ccc(-c5ccc6nc([C@@H]7CCCN7C(=O)Cc7cc(F)c(OC)c(F)c7)[nH]c6c5)cc4)cc3[nH]2)cc1F. The minimum absolute atomic E-state index is 0.144. The number of aromatic nitrogens is 4. The van der Waals surface area contributed by atoms with Crippen molar-refractivity contribution in [1.82, 2.24) is 29.7 Å². The van der Waals surface area contributed by atoms with Crippen molar-refractivity contribution in [2.24, 2.45) is 0 Å². The Bertz CT molecular complexity index is 2550. The molecule has 9 rings (SSSR count). The highest BCUT2D eigenvalue weighted by atomic mass is 19.1. The van der Waals surface area contributed by atoms with Gasteiger partial charge in [0.15, 0.2) is 34.8 Å². The predicted molar refractivity (Wildman–Crippen MR) is 217 cm³/mol. The summed E-state index contributed by atoms with van der Waals surface area (Å²) in [6.45, 7) is 1.04. The van der Waals surface area contributed by atoms with Crippen LogP contribution < -0.4 is 9.47 Å². The molecule has 2 fully saturated rings. The van der Waals surface area contributed by atoms with Crippen molar-refractivity contribution in [3.8, 4) is 33.8 Å². The Labute approximate surface area is 342 Å². The van der Waals surface area contributed by atoms with Crippen molar-refractivity contribution >= 4 is 33.9 Å². The van der Waals surface area contributed by atoms with E-state index in [2.05, 4.69) is 34.2 Å². The van der Waals surface area contributed by atoms with Gasteiger partial charge in [-0.2, -0.15) is 0 Å². The number of carbonyl (C=O) groups excluding carboxylic acids is 2. The molecule has 0 bridgehead atoms. The van der Waals surface area contributed by atoms with Crippen LogP contribution >= 0.6 is 0 Å². The molecule has 0 aliphatic carbocycles. The number of H-pyrrole nitrogens is 2. The van der Waals surface area contributed by atoms with Gasteiger partial charge in [-0.05, 0) is 108 Å². The molecular weight excluding hydrogens is 777 g/mol.